The Morgan fingerprint density at radius 2 is 1.92 bits per heavy atom. The number of Topliss-reactive ketones (excluding diaryl/α,β-unsaturated/α-hetero) is 1. The van der Waals surface area contributed by atoms with Crippen molar-refractivity contribution < 1.29 is 14.7 Å². The van der Waals surface area contributed by atoms with Gasteiger partial charge in [-0.2, -0.15) is 0 Å². The van der Waals surface area contributed by atoms with Crippen molar-refractivity contribution >= 4 is 11.7 Å². The minimum atomic E-state index is -0.110. The number of phenols is 1. The summed E-state index contributed by atoms with van der Waals surface area (Å²) in [5.74, 6) is 0.165. The number of aromatic hydroxyl groups is 1. The number of phenolic OH excluding ortho intramolecular Hbond substituents is 1. The predicted octanol–water partition coefficient (Wildman–Crippen LogP) is 3.75. The van der Waals surface area contributed by atoms with Crippen LogP contribution in [0.15, 0.2) is 48.5 Å². The van der Waals surface area contributed by atoms with Gasteiger partial charge >= 0.3 is 0 Å². The summed E-state index contributed by atoms with van der Waals surface area (Å²) in [5.41, 5.74) is 2.39. The number of carbonyl (C=O) groups excluding carboxylic acids is 2. The van der Waals surface area contributed by atoms with Gasteiger partial charge in [-0.05, 0) is 49.4 Å². The van der Waals surface area contributed by atoms with E-state index in [2.05, 4.69) is 0 Å². The van der Waals surface area contributed by atoms with E-state index in [1.165, 1.54) is 11.6 Å². The van der Waals surface area contributed by atoms with E-state index >= 15 is 0 Å². The van der Waals surface area contributed by atoms with Crippen molar-refractivity contribution in [1.82, 2.24) is 4.90 Å². The minimum absolute atomic E-state index is 0.0875. The lowest BCUT2D eigenvalue weighted by Crippen LogP contribution is -2.42. The van der Waals surface area contributed by atoms with Gasteiger partial charge in [0.05, 0.1) is 0 Å². The number of hydrogen-bond acceptors (Lipinski definition) is 3. The van der Waals surface area contributed by atoms with Crippen molar-refractivity contribution in [2.45, 2.75) is 32.6 Å². The Morgan fingerprint density at radius 1 is 1.15 bits per heavy atom. The Labute approximate surface area is 154 Å². The first-order chi connectivity index (χ1) is 12.5. The molecule has 0 bridgehead atoms. The fourth-order valence-electron chi connectivity index (χ4n) is 3.47. The van der Waals surface area contributed by atoms with E-state index in [0.717, 1.165) is 24.8 Å². The number of nitrogens with zero attached hydrogens (tertiary/aromatic N) is 1. The van der Waals surface area contributed by atoms with Crippen molar-refractivity contribution in [3.05, 3.63) is 65.2 Å². The van der Waals surface area contributed by atoms with Crippen LogP contribution in [-0.4, -0.2) is 34.8 Å². The van der Waals surface area contributed by atoms with E-state index in [9.17, 15) is 14.7 Å². The van der Waals surface area contributed by atoms with Crippen molar-refractivity contribution in [3.8, 4) is 5.75 Å². The fraction of sp³-hybridized carbons (Fsp3) is 0.364. The van der Waals surface area contributed by atoms with Crippen LogP contribution in [-0.2, 0) is 11.2 Å². The highest BCUT2D eigenvalue weighted by Gasteiger charge is 2.28. The highest BCUT2D eigenvalue weighted by Crippen LogP contribution is 2.23. The molecule has 4 heteroatoms. The molecule has 1 fully saturated rings. The Morgan fingerprint density at radius 3 is 2.65 bits per heavy atom. The second-order valence-electron chi connectivity index (χ2n) is 7.04. The van der Waals surface area contributed by atoms with Crippen LogP contribution in [0.4, 0.5) is 0 Å². The SMILES string of the molecule is Cc1ccc(C(=O)N2CCCC(C(=O)CCc3ccccc3)C2)cc1O. The zero-order valence-corrected chi connectivity index (χ0v) is 15.1. The molecule has 1 heterocycles. The molecule has 1 unspecified atom stereocenters. The number of ketones is 1. The van der Waals surface area contributed by atoms with Gasteiger partial charge in [-0.1, -0.05) is 36.4 Å². The molecule has 0 aromatic heterocycles. The van der Waals surface area contributed by atoms with Crippen LogP contribution < -0.4 is 0 Å². The van der Waals surface area contributed by atoms with Gasteiger partial charge in [0.15, 0.2) is 0 Å². The van der Waals surface area contributed by atoms with Crippen LogP contribution in [0.1, 0.15) is 40.7 Å². The largest absolute Gasteiger partial charge is 0.508 e. The smallest absolute Gasteiger partial charge is 0.254 e. The lowest BCUT2D eigenvalue weighted by molar-refractivity contribution is -0.124. The van der Waals surface area contributed by atoms with Crippen LogP contribution >= 0.6 is 0 Å². The van der Waals surface area contributed by atoms with Crippen molar-refractivity contribution in [3.63, 3.8) is 0 Å². The van der Waals surface area contributed by atoms with Gasteiger partial charge < -0.3 is 10.0 Å². The van der Waals surface area contributed by atoms with Crippen LogP contribution in [0.3, 0.4) is 0 Å². The van der Waals surface area contributed by atoms with E-state index < -0.39 is 0 Å². The van der Waals surface area contributed by atoms with Gasteiger partial charge in [-0.15, -0.1) is 0 Å². The summed E-state index contributed by atoms with van der Waals surface area (Å²) >= 11 is 0. The normalized spacial score (nSPS) is 17.1. The maximum atomic E-state index is 12.7. The predicted molar refractivity (Wildman–Crippen MR) is 101 cm³/mol. The summed E-state index contributed by atoms with van der Waals surface area (Å²) in [6.07, 6.45) is 2.94. The van der Waals surface area contributed by atoms with Crippen LogP contribution in [0, 0.1) is 12.8 Å². The van der Waals surface area contributed by atoms with Crippen molar-refractivity contribution in [2.24, 2.45) is 5.92 Å². The van der Waals surface area contributed by atoms with Crippen molar-refractivity contribution in [2.75, 3.05) is 13.1 Å². The monoisotopic (exact) mass is 351 g/mol. The number of piperidine rings is 1. The molecular weight excluding hydrogens is 326 g/mol. The summed E-state index contributed by atoms with van der Waals surface area (Å²) < 4.78 is 0. The molecule has 0 spiro atoms. The number of likely N-dealkylation sites (tertiary alicyclic amines) is 1. The Balaban J connectivity index is 1.60. The number of aryl methyl sites for hydroxylation is 2. The molecule has 2 aromatic rings. The lowest BCUT2D eigenvalue weighted by atomic mass is 9.90. The van der Waals surface area contributed by atoms with Gasteiger partial charge in [0.2, 0.25) is 0 Å². The molecule has 1 aliphatic rings. The minimum Gasteiger partial charge on any atom is -0.508 e. The number of amides is 1. The number of benzene rings is 2. The van der Waals surface area contributed by atoms with E-state index in [0.29, 0.717) is 25.1 Å². The second-order valence-corrected chi connectivity index (χ2v) is 7.04. The molecule has 1 aliphatic heterocycles. The van der Waals surface area contributed by atoms with Gasteiger partial charge in [0, 0.05) is 31.0 Å². The van der Waals surface area contributed by atoms with E-state index in [-0.39, 0.29) is 23.4 Å². The van der Waals surface area contributed by atoms with Crippen LogP contribution in [0.25, 0.3) is 0 Å². The highest BCUT2D eigenvalue weighted by atomic mass is 16.3. The Kier molecular flexibility index (Phi) is 5.71. The standard InChI is InChI=1S/C22H25NO3/c1-16-9-11-18(14-21(16)25)22(26)23-13-5-8-19(15-23)20(24)12-10-17-6-3-2-4-7-17/h2-4,6-7,9,11,14,19,25H,5,8,10,12-13,15H2,1H3. The lowest BCUT2D eigenvalue weighted by Gasteiger charge is -2.32. The highest BCUT2D eigenvalue weighted by molar-refractivity contribution is 5.95. The molecular formula is C22H25NO3. The van der Waals surface area contributed by atoms with E-state index in [4.69, 9.17) is 0 Å². The first-order valence-electron chi connectivity index (χ1n) is 9.20. The zero-order chi connectivity index (χ0) is 18.5. The summed E-state index contributed by atoms with van der Waals surface area (Å²) in [5, 5.41) is 9.84. The molecule has 0 aliphatic carbocycles. The third kappa shape index (κ3) is 4.31. The first-order valence-corrected chi connectivity index (χ1v) is 9.20. The molecule has 1 amide bonds. The maximum Gasteiger partial charge on any atom is 0.254 e. The number of carbonyl (C=O) groups is 2. The molecule has 1 saturated heterocycles. The average molecular weight is 351 g/mol. The van der Waals surface area contributed by atoms with E-state index in [1.807, 2.05) is 30.3 Å². The maximum absolute atomic E-state index is 12.7. The molecule has 136 valence electrons. The molecule has 0 saturated carbocycles. The molecule has 1 N–H and O–H groups in total. The first kappa shape index (κ1) is 18.2. The number of rotatable bonds is 5. The number of hydrogen-bond donors (Lipinski definition) is 1. The average Bonchev–Trinajstić information content (AvgIpc) is 2.68. The van der Waals surface area contributed by atoms with Crippen LogP contribution in [0.2, 0.25) is 0 Å². The van der Waals surface area contributed by atoms with Gasteiger partial charge in [0.1, 0.15) is 11.5 Å². The van der Waals surface area contributed by atoms with E-state index in [1.54, 1.807) is 24.0 Å². The molecule has 1 atom stereocenters. The molecule has 4 nitrogen and oxygen atoms in total. The summed E-state index contributed by atoms with van der Waals surface area (Å²) in [6, 6.07) is 15.0. The molecule has 0 radical (unpaired) electrons. The molecule has 3 rings (SSSR count). The quantitative estimate of drug-likeness (QED) is 0.892. The zero-order valence-electron chi connectivity index (χ0n) is 15.1. The van der Waals surface area contributed by atoms with Crippen molar-refractivity contribution in [1.29, 1.82) is 0 Å². The third-order valence-electron chi connectivity index (χ3n) is 5.12. The summed E-state index contributed by atoms with van der Waals surface area (Å²) in [4.78, 5) is 27.1. The summed E-state index contributed by atoms with van der Waals surface area (Å²) in [6.45, 7) is 2.93. The molecule has 2 aromatic carbocycles. The Hall–Kier alpha value is -2.62. The van der Waals surface area contributed by atoms with Gasteiger partial charge in [-0.3, -0.25) is 9.59 Å². The topological polar surface area (TPSA) is 57.6 Å². The second kappa shape index (κ2) is 8.17. The van der Waals surface area contributed by atoms with Gasteiger partial charge in [0.25, 0.3) is 5.91 Å². The fourth-order valence-corrected chi connectivity index (χ4v) is 3.47. The molecule has 26 heavy (non-hydrogen) atoms. The van der Waals surface area contributed by atoms with Crippen LogP contribution in [0.5, 0.6) is 5.75 Å². The Bertz CT molecular complexity index is 785. The third-order valence-corrected chi connectivity index (χ3v) is 5.12. The van der Waals surface area contributed by atoms with Gasteiger partial charge in [-0.25, -0.2) is 0 Å². The summed E-state index contributed by atoms with van der Waals surface area (Å²) in [7, 11) is 0.